The summed E-state index contributed by atoms with van der Waals surface area (Å²) < 4.78 is 40.8. The van der Waals surface area contributed by atoms with E-state index in [1.165, 1.54) is 9.36 Å². The van der Waals surface area contributed by atoms with Crippen molar-refractivity contribution in [2.24, 2.45) is 7.05 Å². The van der Waals surface area contributed by atoms with Gasteiger partial charge in [0.15, 0.2) is 5.82 Å². The predicted molar refractivity (Wildman–Crippen MR) is 88.2 cm³/mol. The molecule has 0 saturated carbocycles. The molecule has 27 heavy (non-hydrogen) atoms. The van der Waals surface area contributed by atoms with Crippen LogP contribution in [0.3, 0.4) is 0 Å². The maximum Gasteiger partial charge on any atom is 0.406 e. The van der Waals surface area contributed by atoms with Crippen molar-refractivity contribution < 1.29 is 22.8 Å². The molecule has 0 spiro atoms. The summed E-state index contributed by atoms with van der Waals surface area (Å²) in [5, 5.41) is 10.9. The van der Waals surface area contributed by atoms with E-state index in [4.69, 9.17) is 0 Å². The van der Waals surface area contributed by atoms with Crippen molar-refractivity contribution in [2.75, 3.05) is 13.1 Å². The van der Waals surface area contributed by atoms with Crippen LogP contribution < -0.4 is 5.32 Å². The van der Waals surface area contributed by atoms with Gasteiger partial charge < -0.3 is 10.2 Å². The highest BCUT2D eigenvalue weighted by molar-refractivity contribution is 6.01. The topological polar surface area (TPSA) is 85.0 Å². The van der Waals surface area contributed by atoms with Crippen LogP contribution in [0.1, 0.15) is 28.9 Å². The molecular weight excluding hydrogens is 365 g/mol. The summed E-state index contributed by atoms with van der Waals surface area (Å²) in [6.45, 7) is 0.346. The van der Waals surface area contributed by atoms with E-state index in [0.717, 1.165) is 4.90 Å². The number of carbonyl (C=O) groups excluding carboxylic acids is 2. The van der Waals surface area contributed by atoms with Gasteiger partial charge in [0.05, 0.1) is 5.69 Å². The summed E-state index contributed by atoms with van der Waals surface area (Å²) in [4.78, 5) is 25.9. The average molecular weight is 384 g/mol. The molecule has 11 heteroatoms. The van der Waals surface area contributed by atoms with Gasteiger partial charge in [-0.25, -0.2) is 9.36 Å². The highest BCUT2D eigenvalue weighted by Gasteiger charge is 2.38. The van der Waals surface area contributed by atoms with E-state index in [1.807, 2.05) is 0 Å². The molecule has 1 aliphatic rings. The number of rotatable bonds is 4. The summed E-state index contributed by atoms with van der Waals surface area (Å²) in [7, 11) is 1.65. The number of nitrogens with zero attached hydrogens (tertiary/aromatic N) is 5. The van der Waals surface area contributed by atoms with E-state index in [1.54, 1.807) is 32.4 Å². The van der Waals surface area contributed by atoms with Crippen LogP contribution in [0.25, 0.3) is 5.82 Å². The first-order valence-electron chi connectivity index (χ1n) is 8.37. The first-order valence-corrected chi connectivity index (χ1v) is 8.37. The Balaban J connectivity index is 1.81. The molecule has 0 aromatic carbocycles. The van der Waals surface area contributed by atoms with Gasteiger partial charge in [0.2, 0.25) is 5.91 Å². The van der Waals surface area contributed by atoms with Crippen molar-refractivity contribution in [1.29, 1.82) is 0 Å². The van der Waals surface area contributed by atoms with Crippen molar-refractivity contribution in [2.45, 2.75) is 32.0 Å². The molecule has 1 fully saturated rings. The van der Waals surface area contributed by atoms with Crippen LogP contribution in [0.5, 0.6) is 0 Å². The third-order valence-corrected chi connectivity index (χ3v) is 4.35. The number of likely N-dealkylation sites (tertiary alicyclic amines) is 1. The second-order valence-corrected chi connectivity index (χ2v) is 6.40. The van der Waals surface area contributed by atoms with E-state index >= 15 is 0 Å². The minimum atomic E-state index is -4.48. The Labute approximate surface area is 152 Å². The molecule has 0 radical (unpaired) electrons. The van der Waals surface area contributed by atoms with Gasteiger partial charge in [0.1, 0.15) is 18.2 Å². The van der Waals surface area contributed by atoms with Crippen molar-refractivity contribution >= 4 is 11.8 Å². The highest BCUT2D eigenvalue weighted by atomic mass is 19.4. The molecule has 1 N–H and O–H groups in total. The zero-order valence-corrected chi connectivity index (χ0v) is 14.8. The van der Waals surface area contributed by atoms with Crippen LogP contribution in [0.15, 0.2) is 18.5 Å². The lowest BCUT2D eigenvalue weighted by Crippen LogP contribution is -2.54. The van der Waals surface area contributed by atoms with Crippen LogP contribution in [0.4, 0.5) is 13.2 Å². The van der Waals surface area contributed by atoms with E-state index in [-0.39, 0.29) is 18.5 Å². The summed E-state index contributed by atoms with van der Waals surface area (Å²) >= 11 is 0. The van der Waals surface area contributed by atoms with Gasteiger partial charge in [0, 0.05) is 26.0 Å². The normalized spacial score (nSPS) is 18.0. The number of aryl methyl sites for hydroxylation is 2. The van der Waals surface area contributed by atoms with Gasteiger partial charge in [0.25, 0.3) is 5.91 Å². The fourth-order valence-electron chi connectivity index (χ4n) is 3.25. The second-order valence-electron chi connectivity index (χ2n) is 6.40. The van der Waals surface area contributed by atoms with Crippen LogP contribution >= 0.6 is 0 Å². The lowest BCUT2D eigenvalue weighted by atomic mass is 10.0. The fraction of sp³-hybridized carbons (Fsp3) is 0.500. The van der Waals surface area contributed by atoms with E-state index < -0.39 is 30.6 Å². The number of alkyl halides is 3. The fourth-order valence-corrected chi connectivity index (χ4v) is 3.25. The number of halogens is 3. The largest absolute Gasteiger partial charge is 0.406 e. The quantitative estimate of drug-likeness (QED) is 0.858. The predicted octanol–water partition coefficient (Wildman–Crippen LogP) is 1.20. The summed E-state index contributed by atoms with van der Waals surface area (Å²) in [6, 6.07) is 0.683. The molecular formula is C16H19F3N6O2. The van der Waals surface area contributed by atoms with Crippen LogP contribution in [-0.4, -0.2) is 61.6 Å². The number of hydrogen-bond acceptors (Lipinski definition) is 4. The third kappa shape index (κ3) is 3.96. The minimum absolute atomic E-state index is 0.0230. The smallest absolute Gasteiger partial charge is 0.340 e. The Morgan fingerprint density at radius 2 is 2.15 bits per heavy atom. The van der Waals surface area contributed by atoms with Crippen LogP contribution in [0, 0.1) is 6.92 Å². The lowest BCUT2D eigenvalue weighted by Gasteiger charge is -2.33. The van der Waals surface area contributed by atoms with E-state index in [0.29, 0.717) is 17.9 Å². The number of carbonyl (C=O) groups is 2. The molecule has 146 valence electrons. The van der Waals surface area contributed by atoms with Gasteiger partial charge in [-0.3, -0.25) is 9.59 Å². The van der Waals surface area contributed by atoms with Gasteiger partial charge in [-0.15, -0.1) is 0 Å². The maximum absolute atomic E-state index is 12.8. The average Bonchev–Trinajstić information content (AvgIpc) is 3.17. The first kappa shape index (κ1) is 18.9. The molecule has 1 saturated heterocycles. The second kappa shape index (κ2) is 7.05. The van der Waals surface area contributed by atoms with Gasteiger partial charge in [-0.1, -0.05) is 0 Å². The molecule has 1 atom stereocenters. The molecule has 1 aliphatic heterocycles. The van der Waals surface area contributed by atoms with Crippen LogP contribution in [0.2, 0.25) is 0 Å². The van der Waals surface area contributed by atoms with E-state index in [2.05, 4.69) is 15.5 Å². The van der Waals surface area contributed by atoms with Gasteiger partial charge in [-0.05, 0) is 25.8 Å². The lowest BCUT2D eigenvalue weighted by molar-refractivity contribution is -0.164. The molecule has 8 nitrogen and oxygen atoms in total. The first-order chi connectivity index (χ1) is 12.7. The number of nitrogens with one attached hydrogen (secondary N) is 1. The molecule has 0 bridgehead atoms. The Bertz CT molecular complexity index is 843. The molecule has 3 heterocycles. The zero-order chi connectivity index (χ0) is 19.8. The summed E-state index contributed by atoms with van der Waals surface area (Å²) in [5.41, 5.74) is 0.651. The summed E-state index contributed by atoms with van der Waals surface area (Å²) in [6.07, 6.45) is -0.622. The minimum Gasteiger partial charge on any atom is -0.340 e. The molecule has 2 aromatic rings. The molecule has 1 unspecified atom stereocenters. The zero-order valence-electron chi connectivity index (χ0n) is 14.8. The number of aromatic nitrogens is 4. The number of piperidine rings is 1. The van der Waals surface area contributed by atoms with Crippen LogP contribution in [-0.2, 0) is 11.8 Å². The summed E-state index contributed by atoms with van der Waals surface area (Å²) in [5.74, 6) is -0.891. The Hall–Kier alpha value is -2.85. The maximum atomic E-state index is 12.8. The van der Waals surface area contributed by atoms with Crippen molar-refractivity contribution in [3.8, 4) is 5.82 Å². The van der Waals surface area contributed by atoms with Gasteiger partial charge in [-0.2, -0.15) is 23.4 Å². The highest BCUT2D eigenvalue weighted by Crippen LogP contribution is 2.22. The molecule has 3 rings (SSSR count). The molecule has 2 amide bonds. The third-order valence-electron chi connectivity index (χ3n) is 4.35. The number of hydrogen-bond donors (Lipinski definition) is 1. The van der Waals surface area contributed by atoms with Crippen molar-refractivity contribution in [3.05, 3.63) is 29.7 Å². The monoisotopic (exact) mass is 384 g/mol. The van der Waals surface area contributed by atoms with Crippen molar-refractivity contribution in [1.82, 2.24) is 29.8 Å². The van der Waals surface area contributed by atoms with Crippen molar-refractivity contribution in [3.63, 3.8) is 0 Å². The van der Waals surface area contributed by atoms with E-state index in [9.17, 15) is 22.8 Å². The molecule has 2 aromatic heterocycles. The Morgan fingerprint density at radius 1 is 1.41 bits per heavy atom. The number of amides is 2. The Kier molecular flexibility index (Phi) is 4.94. The Morgan fingerprint density at radius 3 is 2.78 bits per heavy atom. The van der Waals surface area contributed by atoms with Gasteiger partial charge >= 0.3 is 6.18 Å². The standard InChI is InChI=1S/C16H19F3N6O2/c1-10-12(14(23(2)22-10)25-8-4-6-20-25)13(26)21-11-5-3-7-24(15(11)27)9-16(17,18)19/h4,6,8,11H,3,5,7,9H2,1-2H3,(H,21,26). The SMILES string of the molecule is Cc1nn(C)c(-n2cccn2)c1C(=O)NC1CCCN(CC(F)(F)F)C1=O. The molecule has 0 aliphatic carbocycles.